The van der Waals surface area contributed by atoms with E-state index < -0.39 is 0 Å². The zero-order valence-electron chi connectivity index (χ0n) is 8.84. The van der Waals surface area contributed by atoms with Crippen molar-refractivity contribution in [2.45, 2.75) is 6.92 Å². The normalized spacial score (nSPS) is 10.6. The molecule has 0 unspecified atom stereocenters. The molecule has 3 nitrogen and oxygen atoms in total. The van der Waals surface area contributed by atoms with Crippen molar-refractivity contribution in [1.82, 2.24) is 9.97 Å². The first-order chi connectivity index (χ1) is 7.99. The van der Waals surface area contributed by atoms with E-state index in [4.69, 9.17) is 5.73 Å². The summed E-state index contributed by atoms with van der Waals surface area (Å²) in [6.45, 7) is 1.82. The van der Waals surface area contributed by atoms with Gasteiger partial charge in [0, 0.05) is 10.0 Å². The molecule has 2 N–H and O–H groups in total. The van der Waals surface area contributed by atoms with E-state index in [1.54, 1.807) is 6.07 Å². The predicted molar refractivity (Wildman–Crippen MR) is 72.0 cm³/mol. The Balaban J connectivity index is 2.61. The maximum Gasteiger partial charge on any atom is 0.162 e. The second-order valence-corrected chi connectivity index (χ2v) is 5.10. The van der Waals surface area contributed by atoms with Crippen LogP contribution in [0.3, 0.4) is 0 Å². The summed E-state index contributed by atoms with van der Waals surface area (Å²) in [5, 5.41) is 0. The van der Waals surface area contributed by atoms with Crippen molar-refractivity contribution in [2.75, 3.05) is 5.73 Å². The summed E-state index contributed by atoms with van der Waals surface area (Å²) in [6.07, 6.45) is 0. The van der Waals surface area contributed by atoms with E-state index in [0.717, 1.165) is 5.69 Å². The van der Waals surface area contributed by atoms with Crippen LogP contribution in [-0.4, -0.2) is 9.97 Å². The molecule has 0 atom stereocenters. The van der Waals surface area contributed by atoms with Crippen molar-refractivity contribution in [1.29, 1.82) is 0 Å². The molecule has 1 aromatic carbocycles. The van der Waals surface area contributed by atoms with Gasteiger partial charge in [-0.15, -0.1) is 0 Å². The number of halogens is 3. The molecule has 0 saturated heterocycles. The van der Waals surface area contributed by atoms with Gasteiger partial charge < -0.3 is 5.73 Å². The first-order valence-corrected chi connectivity index (χ1v) is 6.32. The zero-order chi connectivity index (χ0) is 12.6. The molecule has 0 aliphatic carbocycles. The largest absolute Gasteiger partial charge is 0.383 e. The van der Waals surface area contributed by atoms with Crippen LogP contribution in [0, 0.1) is 12.7 Å². The van der Waals surface area contributed by atoms with Gasteiger partial charge in [-0.3, -0.25) is 0 Å². The van der Waals surface area contributed by atoms with E-state index in [1.165, 1.54) is 12.1 Å². The Morgan fingerprint density at radius 1 is 1.24 bits per heavy atom. The molecule has 0 spiro atoms. The summed E-state index contributed by atoms with van der Waals surface area (Å²) in [4.78, 5) is 8.47. The van der Waals surface area contributed by atoms with Crippen LogP contribution in [0.5, 0.6) is 0 Å². The van der Waals surface area contributed by atoms with Gasteiger partial charge in [0.15, 0.2) is 5.82 Å². The highest BCUT2D eigenvalue weighted by atomic mass is 79.9. The highest BCUT2D eigenvalue weighted by molar-refractivity contribution is 9.11. The minimum atomic E-state index is -0.317. The first-order valence-electron chi connectivity index (χ1n) is 4.74. The number of hydrogen-bond acceptors (Lipinski definition) is 3. The Morgan fingerprint density at radius 2 is 1.94 bits per heavy atom. The molecule has 2 rings (SSSR count). The van der Waals surface area contributed by atoms with Gasteiger partial charge in [-0.2, -0.15) is 0 Å². The minimum Gasteiger partial charge on any atom is -0.383 e. The number of nitrogens with two attached hydrogens (primary N) is 1. The molecule has 88 valence electrons. The maximum absolute atomic E-state index is 13.0. The number of rotatable bonds is 1. The topological polar surface area (TPSA) is 51.8 Å². The smallest absolute Gasteiger partial charge is 0.162 e. The molecule has 0 bridgehead atoms. The van der Waals surface area contributed by atoms with E-state index >= 15 is 0 Å². The standard InChI is InChI=1S/C11H8Br2FN3/c1-5-9(13)10(15)17-11(16-5)7-3-2-6(14)4-8(7)12/h2-4H,1H3,(H2,15,16,17). The Hall–Kier alpha value is -1.01. The van der Waals surface area contributed by atoms with Crippen LogP contribution in [0.4, 0.5) is 10.2 Å². The molecule has 0 saturated carbocycles. The molecular weight excluding hydrogens is 353 g/mol. The summed E-state index contributed by atoms with van der Waals surface area (Å²) < 4.78 is 14.3. The molecule has 0 fully saturated rings. The van der Waals surface area contributed by atoms with Crippen LogP contribution < -0.4 is 5.73 Å². The number of aryl methyl sites for hydroxylation is 1. The van der Waals surface area contributed by atoms with Crippen molar-refractivity contribution < 1.29 is 4.39 Å². The fraction of sp³-hybridized carbons (Fsp3) is 0.0909. The van der Waals surface area contributed by atoms with Gasteiger partial charge in [0.2, 0.25) is 0 Å². The Kier molecular flexibility index (Phi) is 3.44. The average molecular weight is 361 g/mol. The van der Waals surface area contributed by atoms with Crippen LogP contribution in [0.25, 0.3) is 11.4 Å². The molecule has 6 heteroatoms. The number of hydrogen-bond donors (Lipinski definition) is 1. The minimum absolute atomic E-state index is 0.317. The predicted octanol–water partition coefficient (Wildman–Crippen LogP) is 3.70. The molecule has 2 aromatic rings. The van der Waals surface area contributed by atoms with Crippen LogP contribution in [0.1, 0.15) is 5.69 Å². The molecule has 1 heterocycles. The lowest BCUT2D eigenvalue weighted by atomic mass is 10.2. The highest BCUT2D eigenvalue weighted by Gasteiger charge is 2.11. The Bertz CT molecular complexity index is 564. The van der Waals surface area contributed by atoms with Crippen molar-refractivity contribution in [3.63, 3.8) is 0 Å². The molecule has 0 amide bonds. The van der Waals surface area contributed by atoms with Crippen molar-refractivity contribution in [3.05, 3.63) is 38.7 Å². The average Bonchev–Trinajstić information content (AvgIpc) is 2.25. The van der Waals surface area contributed by atoms with Crippen molar-refractivity contribution in [3.8, 4) is 11.4 Å². The van der Waals surface area contributed by atoms with Crippen LogP contribution in [-0.2, 0) is 0 Å². The lowest BCUT2D eigenvalue weighted by Crippen LogP contribution is -2.00. The molecule has 1 aromatic heterocycles. The van der Waals surface area contributed by atoms with E-state index in [1.807, 2.05) is 6.92 Å². The number of aromatic nitrogens is 2. The van der Waals surface area contributed by atoms with Gasteiger partial charge in [0.1, 0.15) is 11.6 Å². The van der Waals surface area contributed by atoms with Gasteiger partial charge in [-0.25, -0.2) is 14.4 Å². The summed E-state index contributed by atoms with van der Waals surface area (Å²) in [7, 11) is 0. The second-order valence-electron chi connectivity index (χ2n) is 3.46. The monoisotopic (exact) mass is 359 g/mol. The second kappa shape index (κ2) is 4.70. The number of nitrogen functional groups attached to an aromatic ring is 1. The van der Waals surface area contributed by atoms with Crippen LogP contribution in [0.15, 0.2) is 27.1 Å². The van der Waals surface area contributed by atoms with Gasteiger partial charge in [0.25, 0.3) is 0 Å². The van der Waals surface area contributed by atoms with Crippen molar-refractivity contribution in [2.24, 2.45) is 0 Å². The Labute approximate surface area is 115 Å². The van der Waals surface area contributed by atoms with E-state index in [-0.39, 0.29) is 5.82 Å². The van der Waals surface area contributed by atoms with E-state index in [9.17, 15) is 4.39 Å². The number of benzene rings is 1. The summed E-state index contributed by atoms with van der Waals surface area (Å²) >= 11 is 6.57. The van der Waals surface area contributed by atoms with Crippen LogP contribution in [0.2, 0.25) is 0 Å². The lowest BCUT2D eigenvalue weighted by Gasteiger charge is -2.07. The zero-order valence-corrected chi connectivity index (χ0v) is 12.0. The summed E-state index contributed by atoms with van der Waals surface area (Å²) in [6, 6.07) is 4.34. The Morgan fingerprint density at radius 3 is 2.53 bits per heavy atom. The van der Waals surface area contributed by atoms with Crippen molar-refractivity contribution >= 4 is 37.7 Å². The molecule has 0 aliphatic rings. The summed E-state index contributed by atoms with van der Waals surface area (Å²) in [5.41, 5.74) is 7.19. The fourth-order valence-electron chi connectivity index (χ4n) is 1.37. The summed E-state index contributed by atoms with van der Waals surface area (Å²) in [5.74, 6) is 0.515. The third-order valence-electron chi connectivity index (χ3n) is 2.21. The third-order valence-corrected chi connectivity index (χ3v) is 3.85. The fourth-order valence-corrected chi connectivity index (χ4v) is 2.08. The highest BCUT2D eigenvalue weighted by Crippen LogP contribution is 2.29. The van der Waals surface area contributed by atoms with Crippen LogP contribution >= 0.6 is 31.9 Å². The maximum atomic E-state index is 13.0. The van der Waals surface area contributed by atoms with Gasteiger partial charge in [-0.1, -0.05) is 0 Å². The van der Waals surface area contributed by atoms with Gasteiger partial charge >= 0.3 is 0 Å². The molecule has 0 radical (unpaired) electrons. The number of anilines is 1. The third kappa shape index (κ3) is 2.47. The molecular formula is C11H8Br2FN3. The van der Waals surface area contributed by atoms with E-state index in [2.05, 4.69) is 41.8 Å². The number of nitrogens with zero attached hydrogens (tertiary/aromatic N) is 2. The van der Waals surface area contributed by atoms with Gasteiger partial charge in [-0.05, 0) is 57.0 Å². The lowest BCUT2D eigenvalue weighted by molar-refractivity contribution is 0.627. The molecule has 0 aliphatic heterocycles. The van der Waals surface area contributed by atoms with E-state index in [0.29, 0.717) is 26.2 Å². The quantitative estimate of drug-likeness (QED) is 0.843. The SMILES string of the molecule is Cc1nc(-c2ccc(F)cc2Br)nc(N)c1Br. The first kappa shape index (κ1) is 12.4. The van der Waals surface area contributed by atoms with Gasteiger partial charge in [0.05, 0.1) is 10.2 Å². The molecule has 17 heavy (non-hydrogen) atoms.